The largest absolute Gasteiger partial charge is 0.464 e. The number of ether oxygens (including phenoxy) is 3. The summed E-state index contributed by atoms with van der Waals surface area (Å²) in [6.45, 7) is 9.19. The van der Waals surface area contributed by atoms with Crippen LogP contribution in [0.2, 0.25) is 0 Å². The van der Waals surface area contributed by atoms with Crippen molar-refractivity contribution in [3.8, 4) is 11.4 Å². The number of aryl methyl sites for hydroxylation is 1. The fraction of sp³-hybridized carbons (Fsp3) is 0.519. The zero-order valence-corrected chi connectivity index (χ0v) is 22.7. The van der Waals surface area contributed by atoms with Gasteiger partial charge in [0, 0.05) is 50.0 Å². The number of nitrogens with zero attached hydrogens (tertiary/aromatic N) is 2. The van der Waals surface area contributed by atoms with Crippen molar-refractivity contribution < 1.29 is 19.0 Å². The zero-order valence-electron chi connectivity index (χ0n) is 21.9. The molecule has 1 unspecified atom stereocenters. The van der Waals surface area contributed by atoms with Crippen LogP contribution in [-0.2, 0) is 32.1 Å². The SMILES string of the molecule is COC[C@H](NCc1ccc2c(c1)nc(-c1c[nH]c(=O)c(C)c1)n2CC1CCOC1)C(=O)OCC(C)C.Cl. The van der Waals surface area contributed by atoms with Gasteiger partial charge in [-0.25, -0.2) is 4.98 Å². The van der Waals surface area contributed by atoms with Gasteiger partial charge in [0.1, 0.15) is 11.9 Å². The Labute approximate surface area is 223 Å². The molecule has 0 saturated carbocycles. The zero-order chi connectivity index (χ0) is 25.7. The van der Waals surface area contributed by atoms with Crippen molar-refractivity contribution in [1.82, 2.24) is 19.9 Å². The number of esters is 1. The van der Waals surface area contributed by atoms with Crippen LogP contribution in [0.5, 0.6) is 0 Å². The number of pyridine rings is 1. The number of H-pyrrole nitrogens is 1. The van der Waals surface area contributed by atoms with E-state index in [4.69, 9.17) is 19.2 Å². The molecule has 1 fully saturated rings. The molecule has 2 atom stereocenters. The average molecular weight is 533 g/mol. The summed E-state index contributed by atoms with van der Waals surface area (Å²) in [4.78, 5) is 32.2. The monoisotopic (exact) mass is 532 g/mol. The number of methoxy groups -OCH3 is 1. The number of halogens is 1. The Bertz CT molecular complexity index is 1250. The summed E-state index contributed by atoms with van der Waals surface area (Å²) in [6, 6.07) is 7.48. The Hall–Kier alpha value is -2.72. The molecule has 1 aliphatic heterocycles. The molecule has 3 heterocycles. The lowest BCUT2D eigenvalue weighted by molar-refractivity contribution is -0.148. The number of hydrogen-bond donors (Lipinski definition) is 2. The second-order valence-electron chi connectivity index (χ2n) is 9.91. The normalized spacial score (nSPS) is 16.2. The van der Waals surface area contributed by atoms with Gasteiger partial charge in [-0.1, -0.05) is 19.9 Å². The van der Waals surface area contributed by atoms with E-state index in [1.807, 2.05) is 32.0 Å². The molecule has 0 radical (unpaired) electrons. The first-order valence-corrected chi connectivity index (χ1v) is 12.5. The predicted molar refractivity (Wildman–Crippen MR) is 145 cm³/mol. The number of aromatic amines is 1. The van der Waals surface area contributed by atoms with E-state index in [0.29, 0.717) is 24.6 Å². The van der Waals surface area contributed by atoms with Gasteiger partial charge in [0.15, 0.2) is 0 Å². The fourth-order valence-electron chi connectivity index (χ4n) is 4.37. The van der Waals surface area contributed by atoms with Crippen LogP contribution >= 0.6 is 12.4 Å². The van der Waals surface area contributed by atoms with Crippen molar-refractivity contribution in [2.24, 2.45) is 11.8 Å². The molecular formula is C27H37ClN4O5. The lowest BCUT2D eigenvalue weighted by atomic mass is 10.1. The molecule has 2 aromatic heterocycles. The number of imidazole rings is 1. The van der Waals surface area contributed by atoms with E-state index in [2.05, 4.69) is 20.9 Å². The van der Waals surface area contributed by atoms with Gasteiger partial charge >= 0.3 is 5.97 Å². The molecule has 1 saturated heterocycles. The summed E-state index contributed by atoms with van der Waals surface area (Å²) < 4.78 is 18.4. The van der Waals surface area contributed by atoms with Crippen molar-refractivity contribution in [3.63, 3.8) is 0 Å². The maximum Gasteiger partial charge on any atom is 0.325 e. The average Bonchev–Trinajstić information content (AvgIpc) is 3.50. The van der Waals surface area contributed by atoms with Crippen molar-refractivity contribution in [2.75, 3.05) is 33.5 Å². The van der Waals surface area contributed by atoms with Crippen molar-refractivity contribution >= 4 is 29.4 Å². The summed E-state index contributed by atoms with van der Waals surface area (Å²) in [5.74, 6) is 1.19. The van der Waals surface area contributed by atoms with Crippen LogP contribution in [0, 0.1) is 18.8 Å². The quantitative estimate of drug-likeness (QED) is 0.364. The minimum absolute atomic E-state index is 0. The lowest BCUT2D eigenvalue weighted by Gasteiger charge is -2.18. The molecule has 4 rings (SSSR count). The molecule has 10 heteroatoms. The molecule has 3 aromatic rings. The molecule has 202 valence electrons. The molecule has 1 aliphatic rings. The molecule has 9 nitrogen and oxygen atoms in total. The van der Waals surface area contributed by atoms with Crippen LogP contribution in [0.4, 0.5) is 0 Å². The number of hydrogen-bond acceptors (Lipinski definition) is 7. The van der Waals surface area contributed by atoms with Crippen LogP contribution in [0.25, 0.3) is 22.4 Å². The summed E-state index contributed by atoms with van der Waals surface area (Å²) >= 11 is 0. The Balaban J connectivity index is 0.00000380. The molecule has 0 spiro atoms. The topological polar surface area (TPSA) is 107 Å². The maximum atomic E-state index is 12.5. The van der Waals surface area contributed by atoms with Crippen LogP contribution in [0.3, 0.4) is 0 Å². The smallest absolute Gasteiger partial charge is 0.325 e. The Morgan fingerprint density at radius 3 is 2.78 bits per heavy atom. The van der Waals surface area contributed by atoms with Gasteiger partial charge < -0.3 is 23.8 Å². The molecule has 1 aromatic carbocycles. The van der Waals surface area contributed by atoms with Crippen LogP contribution in [0.1, 0.15) is 31.4 Å². The lowest BCUT2D eigenvalue weighted by Crippen LogP contribution is -2.41. The number of carbonyl (C=O) groups is 1. The molecule has 0 bridgehead atoms. The Kier molecular flexibility index (Phi) is 10.3. The highest BCUT2D eigenvalue weighted by Crippen LogP contribution is 2.28. The highest BCUT2D eigenvalue weighted by molar-refractivity contribution is 5.85. The highest BCUT2D eigenvalue weighted by Gasteiger charge is 2.22. The maximum absolute atomic E-state index is 12.5. The first-order chi connectivity index (χ1) is 17.4. The van der Waals surface area contributed by atoms with Crippen molar-refractivity contribution in [1.29, 1.82) is 0 Å². The van der Waals surface area contributed by atoms with E-state index < -0.39 is 6.04 Å². The van der Waals surface area contributed by atoms with Crippen LogP contribution in [-0.4, -0.2) is 60.1 Å². The van der Waals surface area contributed by atoms with E-state index in [0.717, 1.165) is 54.2 Å². The van der Waals surface area contributed by atoms with Gasteiger partial charge in [-0.3, -0.25) is 14.9 Å². The van der Waals surface area contributed by atoms with Gasteiger partial charge in [-0.2, -0.15) is 0 Å². The van der Waals surface area contributed by atoms with Gasteiger partial charge in [-0.15, -0.1) is 12.4 Å². The number of fused-ring (bicyclic) bond motifs is 1. The first-order valence-electron chi connectivity index (χ1n) is 12.5. The van der Waals surface area contributed by atoms with Gasteiger partial charge in [0.25, 0.3) is 5.56 Å². The predicted octanol–water partition coefficient (Wildman–Crippen LogP) is 3.46. The summed E-state index contributed by atoms with van der Waals surface area (Å²) in [5, 5.41) is 3.26. The summed E-state index contributed by atoms with van der Waals surface area (Å²) in [5.41, 5.74) is 4.30. The number of carbonyl (C=O) groups excluding carboxylic acids is 1. The van der Waals surface area contributed by atoms with E-state index in [9.17, 15) is 9.59 Å². The first kappa shape index (κ1) is 28.8. The second kappa shape index (κ2) is 13.2. The Morgan fingerprint density at radius 2 is 2.11 bits per heavy atom. The van der Waals surface area contributed by atoms with Crippen LogP contribution < -0.4 is 10.9 Å². The molecule has 0 amide bonds. The molecule has 37 heavy (non-hydrogen) atoms. The number of benzene rings is 1. The minimum atomic E-state index is -0.552. The van der Waals surface area contributed by atoms with Crippen molar-refractivity contribution in [3.05, 3.63) is 51.9 Å². The van der Waals surface area contributed by atoms with Gasteiger partial charge in [0.2, 0.25) is 0 Å². The molecule has 2 N–H and O–H groups in total. The second-order valence-corrected chi connectivity index (χ2v) is 9.91. The summed E-state index contributed by atoms with van der Waals surface area (Å²) in [7, 11) is 1.57. The van der Waals surface area contributed by atoms with E-state index in [1.54, 1.807) is 20.2 Å². The van der Waals surface area contributed by atoms with E-state index in [1.165, 1.54) is 0 Å². The number of nitrogens with one attached hydrogen (secondary N) is 2. The van der Waals surface area contributed by atoms with E-state index in [-0.39, 0.29) is 36.5 Å². The summed E-state index contributed by atoms with van der Waals surface area (Å²) in [6.07, 6.45) is 2.73. The van der Waals surface area contributed by atoms with Gasteiger partial charge in [0.05, 0.1) is 30.9 Å². The van der Waals surface area contributed by atoms with Gasteiger partial charge in [-0.05, 0) is 43.0 Å². The fourth-order valence-corrected chi connectivity index (χ4v) is 4.37. The Morgan fingerprint density at radius 1 is 1.30 bits per heavy atom. The minimum Gasteiger partial charge on any atom is -0.464 e. The molecular weight excluding hydrogens is 496 g/mol. The number of aromatic nitrogens is 3. The number of rotatable bonds is 11. The molecule has 0 aliphatic carbocycles. The van der Waals surface area contributed by atoms with E-state index >= 15 is 0 Å². The third-order valence-corrected chi connectivity index (χ3v) is 6.35. The standard InChI is InChI=1S/C27H36N4O5.ClH/c1-17(2)14-36-27(33)23(16-34-4)28-11-19-5-6-24-22(10-19)30-25(21-9-18(3)26(32)29-12-21)31(24)13-20-7-8-35-15-20;/h5-6,9-10,12,17,20,23,28H,7-8,11,13-16H2,1-4H3,(H,29,32);1H/t20?,23-;/m0./s1. The highest BCUT2D eigenvalue weighted by atomic mass is 35.5. The van der Waals surface area contributed by atoms with Crippen LogP contribution in [0.15, 0.2) is 35.3 Å². The third-order valence-electron chi connectivity index (χ3n) is 6.35. The van der Waals surface area contributed by atoms with Crippen molar-refractivity contribution in [2.45, 2.75) is 46.3 Å². The third kappa shape index (κ3) is 7.19.